The van der Waals surface area contributed by atoms with Crippen molar-refractivity contribution in [2.24, 2.45) is 0 Å². The molecular formula is C34H38F6N4O2. The van der Waals surface area contributed by atoms with E-state index in [1.807, 2.05) is 55.5 Å². The zero-order valence-corrected chi connectivity index (χ0v) is 25.5. The van der Waals surface area contributed by atoms with Gasteiger partial charge in [-0.25, -0.2) is 0 Å². The molecule has 0 aliphatic carbocycles. The van der Waals surface area contributed by atoms with Gasteiger partial charge in [0.1, 0.15) is 0 Å². The molecule has 2 atom stereocenters. The van der Waals surface area contributed by atoms with Crippen LogP contribution in [-0.2, 0) is 34.9 Å². The van der Waals surface area contributed by atoms with Crippen LogP contribution in [0.3, 0.4) is 0 Å². The lowest BCUT2D eigenvalue weighted by molar-refractivity contribution is -0.143. The van der Waals surface area contributed by atoms with Crippen LogP contribution in [0.25, 0.3) is 0 Å². The van der Waals surface area contributed by atoms with E-state index in [2.05, 4.69) is 10.6 Å². The molecular weight excluding hydrogens is 610 g/mol. The molecule has 12 heteroatoms. The zero-order chi connectivity index (χ0) is 33.3. The molecule has 1 saturated heterocycles. The second kappa shape index (κ2) is 15.6. The first-order valence-corrected chi connectivity index (χ1v) is 15.2. The van der Waals surface area contributed by atoms with Crippen LogP contribution in [-0.4, -0.2) is 60.4 Å². The van der Waals surface area contributed by atoms with E-state index in [1.165, 1.54) is 10.5 Å². The number of nitrogens with one attached hydrogen (secondary N) is 2. The first-order chi connectivity index (χ1) is 21.8. The minimum absolute atomic E-state index is 0.0438. The fourth-order valence-corrected chi connectivity index (χ4v) is 5.56. The van der Waals surface area contributed by atoms with E-state index in [0.29, 0.717) is 12.1 Å². The summed E-state index contributed by atoms with van der Waals surface area (Å²) in [6.45, 7) is 3.95. The van der Waals surface area contributed by atoms with Gasteiger partial charge in [0.25, 0.3) is 0 Å². The molecule has 3 aromatic rings. The predicted octanol–water partition coefficient (Wildman–Crippen LogP) is 6.23. The van der Waals surface area contributed by atoms with Crippen LogP contribution in [0.1, 0.15) is 53.6 Å². The number of rotatable bonds is 12. The van der Waals surface area contributed by atoms with Gasteiger partial charge in [0.05, 0.1) is 30.1 Å². The summed E-state index contributed by atoms with van der Waals surface area (Å²) in [5.41, 5.74) is -1.36. The summed E-state index contributed by atoms with van der Waals surface area (Å²) in [5, 5.41) is 6.76. The van der Waals surface area contributed by atoms with Crippen LogP contribution in [0, 0.1) is 0 Å². The topological polar surface area (TPSA) is 64.7 Å². The van der Waals surface area contributed by atoms with Gasteiger partial charge in [-0.05, 0) is 54.3 Å². The van der Waals surface area contributed by atoms with Crippen molar-refractivity contribution in [3.63, 3.8) is 0 Å². The van der Waals surface area contributed by atoms with E-state index >= 15 is 0 Å². The number of nitrogens with zero attached hydrogens (tertiary/aromatic N) is 2. The second-order valence-electron chi connectivity index (χ2n) is 11.4. The lowest BCUT2D eigenvalue weighted by Gasteiger charge is -2.42. The summed E-state index contributed by atoms with van der Waals surface area (Å²) < 4.78 is 80.1. The van der Waals surface area contributed by atoms with Gasteiger partial charge >= 0.3 is 12.4 Å². The van der Waals surface area contributed by atoms with Crippen molar-refractivity contribution in [3.8, 4) is 0 Å². The Hall–Kier alpha value is -3.90. The Morgan fingerprint density at radius 3 is 2.02 bits per heavy atom. The van der Waals surface area contributed by atoms with Gasteiger partial charge in [-0.3, -0.25) is 9.59 Å². The summed E-state index contributed by atoms with van der Waals surface area (Å²) in [7, 11) is 0. The zero-order valence-electron chi connectivity index (χ0n) is 25.5. The molecule has 0 aromatic heterocycles. The van der Waals surface area contributed by atoms with Crippen molar-refractivity contribution in [1.82, 2.24) is 20.4 Å². The Morgan fingerprint density at radius 2 is 1.43 bits per heavy atom. The molecule has 1 aliphatic heterocycles. The number of piperazine rings is 1. The van der Waals surface area contributed by atoms with Crippen molar-refractivity contribution in [2.45, 2.75) is 57.2 Å². The third-order valence-corrected chi connectivity index (χ3v) is 8.12. The van der Waals surface area contributed by atoms with Gasteiger partial charge in [-0.2, -0.15) is 26.3 Å². The molecule has 2 amide bonds. The number of hydrogen-bond acceptors (Lipinski definition) is 4. The summed E-state index contributed by atoms with van der Waals surface area (Å²) in [6.07, 6.45) is -9.02. The maximum Gasteiger partial charge on any atom is 0.416 e. The molecule has 0 bridgehead atoms. The van der Waals surface area contributed by atoms with Crippen LogP contribution in [0.2, 0.25) is 0 Å². The molecule has 46 heavy (non-hydrogen) atoms. The Balaban J connectivity index is 1.39. The average molecular weight is 649 g/mol. The number of carbonyl (C=O) groups is 2. The molecule has 0 saturated carbocycles. The molecule has 0 spiro atoms. The Bertz CT molecular complexity index is 1400. The Kier molecular flexibility index (Phi) is 11.9. The van der Waals surface area contributed by atoms with Crippen LogP contribution in [0.4, 0.5) is 26.3 Å². The summed E-state index contributed by atoms with van der Waals surface area (Å²) in [5.74, 6) is -0.781. The van der Waals surface area contributed by atoms with Crippen LogP contribution < -0.4 is 10.6 Å². The maximum atomic E-state index is 13.5. The average Bonchev–Trinajstić information content (AvgIpc) is 3.04. The Labute approximate surface area is 264 Å². The molecule has 3 aromatic carbocycles. The van der Waals surface area contributed by atoms with Crippen LogP contribution in [0.5, 0.6) is 0 Å². The van der Waals surface area contributed by atoms with Crippen molar-refractivity contribution in [2.75, 3.05) is 32.7 Å². The third-order valence-electron chi connectivity index (χ3n) is 8.12. The van der Waals surface area contributed by atoms with Gasteiger partial charge in [0, 0.05) is 32.2 Å². The Morgan fingerprint density at radius 1 is 0.826 bits per heavy atom. The van der Waals surface area contributed by atoms with E-state index in [-0.39, 0.29) is 49.8 Å². The maximum absolute atomic E-state index is 13.5. The number of amides is 2. The molecule has 1 heterocycles. The van der Waals surface area contributed by atoms with Gasteiger partial charge < -0.3 is 20.4 Å². The van der Waals surface area contributed by atoms with Gasteiger partial charge in [-0.1, -0.05) is 67.6 Å². The molecule has 0 radical (unpaired) electrons. The van der Waals surface area contributed by atoms with Gasteiger partial charge in [0.15, 0.2) is 0 Å². The third kappa shape index (κ3) is 9.80. The van der Waals surface area contributed by atoms with Gasteiger partial charge in [-0.15, -0.1) is 0 Å². The minimum atomic E-state index is -5.01. The van der Waals surface area contributed by atoms with Crippen molar-refractivity contribution in [1.29, 1.82) is 0 Å². The highest BCUT2D eigenvalue weighted by Crippen LogP contribution is 2.36. The highest BCUT2D eigenvalue weighted by Gasteiger charge is 2.38. The lowest BCUT2D eigenvalue weighted by atomic mass is 10.00. The highest BCUT2D eigenvalue weighted by molar-refractivity contribution is 5.81. The normalized spacial score (nSPS) is 16.4. The van der Waals surface area contributed by atoms with Crippen LogP contribution >= 0.6 is 0 Å². The fourth-order valence-electron chi connectivity index (χ4n) is 5.56. The molecule has 1 fully saturated rings. The van der Waals surface area contributed by atoms with Crippen molar-refractivity contribution < 1.29 is 35.9 Å². The number of benzene rings is 3. The molecule has 2 N–H and O–H groups in total. The predicted molar refractivity (Wildman–Crippen MR) is 162 cm³/mol. The molecule has 4 rings (SSSR count). The summed E-state index contributed by atoms with van der Waals surface area (Å²) in [6, 6.07) is 19.9. The number of alkyl halides is 6. The number of halogens is 6. The van der Waals surface area contributed by atoms with E-state index in [9.17, 15) is 35.9 Å². The molecule has 2 unspecified atom stereocenters. The van der Waals surface area contributed by atoms with Crippen molar-refractivity contribution in [3.05, 3.63) is 107 Å². The summed E-state index contributed by atoms with van der Waals surface area (Å²) in [4.78, 5) is 29.8. The quantitative estimate of drug-likeness (QED) is 0.181. The summed E-state index contributed by atoms with van der Waals surface area (Å²) >= 11 is 0. The first-order valence-electron chi connectivity index (χ1n) is 15.2. The lowest BCUT2D eigenvalue weighted by Crippen LogP contribution is -2.54. The van der Waals surface area contributed by atoms with E-state index in [0.717, 1.165) is 31.5 Å². The largest absolute Gasteiger partial charge is 0.416 e. The molecule has 1 aliphatic rings. The number of hydrogen-bond donors (Lipinski definition) is 2. The van der Waals surface area contributed by atoms with E-state index in [4.69, 9.17) is 0 Å². The van der Waals surface area contributed by atoms with E-state index in [1.54, 1.807) is 17.0 Å². The first kappa shape index (κ1) is 35.0. The second-order valence-corrected chi connectivity index (χ2v) is 11.4. The smallest absolute Gasteiger partial charge is 0.338 e. The monoisotopic (exact) mass is 648 g/mol. The molecule has 248 valence electrons. The fraction of sp³-hybridized carbons (Fsp3) is 0.412. The van der Waals surface area contributed by atoms with E-state index < -0.39 is 41.8 Å². The molecule has 6 nitrogen and oxygen atoms in total. The minimum Gasteiger partial charge on any atom is -0.338 e. The number of carbonyl (C=O) groups excluding carboxylic acids is 2. The highest BCUT2D eigenvalue weighted by atomic mass is 19.4. The van der Waals surface area contributed by atoms with Gasteiger partial charge in [0.2, 0.25) is 11.8 Å². The standard InChI is InChI=1S/C34H38F6N4O2/c1-2-29(13-14-41-21-24-9-5-3-6-10-24)42-22-32(46)44-16-15-43(23-30(44)26-11-7-4-8-12-26)31(45)19-25-17-27(33(35,36)37)20-28(18-25)34(38,39)40/h3-12,17-18,20,29-30,41-42H,2,13-16,19,21-23H2,1H3. The van der Waals surface area contributed by atoms with Crippen LogP contribution in [0.15, 0.2) is 78.9 Å². The van der Waals surface area contributed by atoms with Crippen molar-refractivity contribution >= 4 is 11.8 Å². The SMILES string of the molecule is CCC(CCNCc1ccccc1)NCC(=O)N1CCN(C(=O)Cc2cc(C(F)(F)F)cc(C(F)(F)F)c2)CC1c1ccccc1.